The third kappa shape index (κ3) is 3.67. The molecule has 1 nitrogen and oxygen atoms in total. The molecule has 1 aromatic carbocycles. The fourth-order valence-electron chi connectivity index (χ4n) is 2.03. The van der Waals surface area contributed by atoms with Gasteiger partial charge in [-0.2, -0.15) is 0 Å². The van der Waals surface area contributed by atoms with Crippen molar-refractivity contribution in [2.75, 3.05) is 6.61 Å². The topological polar surface area (TPSA) is 20.2 Å². The summed E-state index contributed by atoms with van der Waals surface area (Å²) in [6.07, 6.45) is 4.83. The Morgan fingerprint density at radius 1 is 1.20 bits per heavy atom. The molecular formula is C14H22O. The van der Waals surface area contributed by atoms with Gasteiger partial charge in [-0.1, -0.05) is 50.5 Å². The van der Waals surface area contributed by atoms with Crippen LogP contribution in [0, 0.1) is 6.92 Å². The first-order valence-electron chi connectivity index (χ1n) is 5.96. The summed E-state index contributed by atoms with van der Waals surface area (Å²) in [6.45, 7) is 4.61. The van der Waals surface area contributed by atoms with Gasteiger partial charge in [0.2, 0.25) is 0 Å². The zero-order valence-corrected chi connectivity index (χ0v) is 9.87. The van der Waals surface area contributed by atoms with Crippen LogP contribution in [-0.4, -0.2) is 11.7 Å². The van der Waals surface area contributed by atoms with Crippen LogP contribution >= 0.6 is 0 Å². The monoisotopic (exact) mass is 206 g/mol. The van der Waals surface area contributed by atoms with Crippen LogP contribution in [0.15, 0.2) is 24.3 Å². The van der Waals surface area contributed by atoms with Gasteiger partial charge in [0.15, 0.2) is 0 Å². The molecule has 15 heavy (non-hydrogen) atoms. The molecule has 1 heteroatoms. The van der Waals surface area contributed by atoms with Crippen molar-refractivity contribution in [2.24, 2.45) is 0 Å². The number of aliphatic hydroxyl groups is 1. The van der Waals surface area contributed by atoms with E-state index in [9.17, 15) is 5.11 Å². The lowest BCUT2D eigenvalue weighted by Crippen LogP contribution is -2.05. The van der Waals surface area contributed by atoms with Crippen molar-refractivity contribution in [1.82, 2.24) is 0 Å². The first-order chi connectivity index (χ1) is 7.29. The molecule has 1 atom stereocenters. The number of aryl methyl sites for hydroxylation is 1. The van der Waals surface area contributed by atoms with Crippen LogP contribution < -0.4 is 0 Å². The molecule has 0 radical (unpaired) electrons. The fraction of sp³-hybridized carbons (Fsp3) is 0.571. The Hall–Kier alpha value is -0.820. The predicted molar refractivity (Wildman–Crippen MR) is 65.1 cm³/mol. The van der Waals surface area contributed by atoms with E-state index in [2.05, 4.69) is 38.1 Å². The SMILES string of the molecule is CCCCCC(CO)c1ccccc1C. The summed E-state index contributed by atoms with van der Waals surface area (Å²) in [5.74, 6) is 0.331. The van der Waals surface area contributed by atoms with Crippen LogP contribution in [0.3, 0.4) is 0 Å². The van der Waals surface area contributed by atoms with Crippen LogP contribution in [0.1, 0.15) is 49.7 Å². The van der Waals surface area contributed by atoms with E-state index in [1.54, 1.807) is 0 Å². The molecule has 0 aliphatic carbocycles. The van der Waals surface area contributed by atoms with Gasteiger partial charge in [-0.05, 0) is 24.5 Å². The summed E-state index contributed by atoms with van der Waals surface area (Å²) in [5, 5.41) is 9.40. The summed E-state index contributed by atoms with van der Waals surface area (Å²) in [7, 11) is 0. The van der Waals surface area contributed by atoms with Gasteiger partial charge in [-0.25, -0.2) is 0 Å². The lowest BCUT2D eigenvalue weighted by molar-refractivity contribution is 0.256. The molecule has 1 aromatic rings. The Morgan fingerprint density at radius 2 is 1.93 bits per heavy atom. The Bertz CT molecular complexity index is 280. The van der Waals surface area contributed by atoms with Crippen molar-refractivity contribution < 1.29 is 5.11 Å². The summed E-state index contributed by atoms with van der Waals surface area (Å²) < 4.78 is 0. The third-order valence-electron chi connectivity index (χ3n) is 3.00. The highest BCUT2D eigenvalue weighted by Gasteiger charge is 2.11. The van der Waals surface area contributed by atoms with E-state index < -0.39 is 0 Å². The van der Waals surface area contributed by atoms with Crippen molar-refractivity contribution in [3.8, 4) is 0 Å². The van der Waals surface area contributed by atoms with Crippen LogP contribution in [0.2, 0.25) is 0 Å². The Kier molecular flexibility index (Phi) is 5.41. The molecule has 0 heterocycles. The molecule has 0 fully saturated rings. The molecule has 0 aliphatic rings. The first kappa shape index (κ1) is 12.3. The van der Waals surface area contributed by atoms with E-state index in [0.29, 0.717) is 5.92 Å². The molecule has 84 valence electrons. The highest BCUT2D eigenvalue weighted by molar-refractivity contribution is 5.29. The van der Waals surface area contributed by atoms with E-state index >= 15 is 0 Å². The number of rotatable bonds is 6. The standard InChI is InChI=1S/C14H22O/c1-3-4-5-9-13(11-15)14-10-7-6-8-12(14)2/h6-8,10,13,15H,3-5,9,11H2,1-2H3. The average Bonchev–Trinajstić information content (AvgIpc) is 2.26. The van der Waals surface area contributed by atoms with Gasteiger partial charge in [0.05, 0.1) is 0 Å². The minimum Gasteiger partial charge on any atom is -0.396 e. The molecular weight excluding hydrogens is 184 g/mol. The Morgan fingerprint density at radius 3 is 2.53 bits per heavy atom. The second-order valence-corrected chi connectivity index (χ2v) is 4.23. The van der Waals surface area contributed by atoms with Gasteiger partial charge < -0.3 is 5.11 Å². The largest absolute Gasteiger partial charge is 0.396 e. The van der Waals surface area contributed by atoms with Crippen molar-refractivity contribution >= 4 is 0 Å². The van der Waals surface area contributed by atoms with Gasteiger partial charge in [0.25, 0.3) is 0 Å². The zero-order valence-electron chi connectivity index (χ0n) is 9.87. The Labute approximate surface area is 93.1 Å². The highest BCUT2D eigenvalue weighted by Crippen LogP contribution is 2.24. The van der Waals surface area contributed by atoms with Gasteiger partial charge in [-0.3, -0.25) is 0 Å². The van der Waals surface area contributed by atoms with E-state index in [0.717, 1.165) is 6.42 Å². The van der Waals surface area contributed by atoms with Gasteiger partial charge >= 0.3 is 0 Å². The lowest BCUT2D eigenvalue weighted by Gasteiger charge is -2.16. The summed E-state index contributed by atoms with van der Waals surface area (Å²) in [4.78, 5) is 0. The van der Waals surface area contributed by atoms with E-state index in [-0.39, 0.29) is 6.61 Å². The lowest BCUT2D eigenvalue weighted by atomic mass is 9.91. The fourth-order valence-corrected chi connectivity index (χ4v) is 2.03. The minimum absolute atomic E-state index is 0.272. The van der Waals surface area contributed by atoms with Crippen molar-refractivity contribution in [3.63, 3.8) is 0 Å². The van der Waals surface area contributed by atoms with E-state index in [1.165, 1.54) is 30.4 Å². The van der Waals surface area contributed by atoms with E-state index in [4.69, 9.17) is 0 Å². The first-order valence-corrected chi connectivity index (χ1v) is 5.96. The normalized spacial score (nSPS) is 12.7. The molecule has 0 bridgehead atoms. The maximum atomic E-state index is 9.40. The third-order valence-corrected chi connectivity index (χ3v) is 3.00. The maximum Gasteiger partial charge on any atom is 0.0499 e. The second-order valence-electron chi connectivity index (χ2n) is 4.23. The summed E-state index contributed by atoms with van der Waals surface area (Å²) >= 11 is 0. The molecule has 0 amide bonds. The molecule has 0 aliphatic heterocycles. The molecule has 1 unspecified atom stereocenters. The van der Waals surface area contributed by atoms with Crippen LogP contribution in [0.25, 0.3) is 0 Å². The Balaban J connectivity index is 2.61. The minimum atomic E-state index is 0.272. The highest BCUT2D eigenvalue weighted by atomic mass is 16.3. The number of benzene rings is 1. The summed E-state index contributed by atoms with van der Waals surface area (Å²) in [6, 6.07) is 8.38. The molecule has 1 N–H and O–H groups in total. The number of unbranched alkanes of at least 4 members (excludes halogenated alkanes) is 2. The maximum absolute atomic E-state index is 9.40. The zero-order chi connectivity index (χ0) is 11.1. The predicted octanol–water partition coefficient (Wildman–Crippen LogP) is 3.65. The van der Waals surface area contributed by atoms with Crippen LogP contribution in [0.4, 0.5) is 0 Å². The van der Waals surface area contributed by atoms with Crippen LogP contribution in [-0.2, 0) is 0 Å². The molecule has 0 spiro atoms. The smallest absolute Gasteiger partial charge is 0.0499 e. The van der Waals surface area contributed by atoms with Crippen LogP contribution in [0.5, 0.6) is 0 Å². The second kappa shape index (κ2) is 6.62. The molecule has 0 saturated carbocycles. The quantitative estimate of drug-likeness (QED) is 0.704. The number of aliphatic hydroxyl groups excluding tert-OH is 1. The summed E-state index contributed by atoms with van der Waals surface area (Å²) in [5.41, 5.74) is 2.61. The number of hydrogen-bond acceptors (Lipinski definition) is 1. The van der Waals surface area contributed by atoms with Crippen molar-refractivity contribution in [1.29, 1.82) is 0 Å². The van der Waals surface area contributed by atoms with Crippen molar-refractivity contribution in [2.45, 2.75) is 45.4 Å². The number of hydrogen-bond donors (Lipinski definition) is 1. The van der Waals surface area contributed by atoms with Gasteiger partial charge in [-0.15, -0.1) is 0 Å². The van der Waals surface area contributed by atoms with E-state index in [1.807, 2.05) is 0 Å². The molecule has 1 rings (SSSR count). The van der Waals surface area contributed by atoms with Gasteiger partial charge in [0, 0.05) is 12.5 Å². The van der Waals surface area contributed by atoms with Gasteiger partial charge in [0.1, 0.15) is 0 Å². The van der Waals surface area contributed by atoms with Crippen molar-refractivity contribution in [3.05, 3.63) is 35.4 Å². The molecule has 0 aromatic heterocycles. The molecule has 0 saturated heterocycles. The average molecular weight is 206 g/mol.